The van der Waals surface area contributed by atoms with Crippen LogP contribution in [0.5, 0.6) is 23.0 Å². The number of hydrogen-bond acceptors (Lipinski definition) is 13. The lowest BCUT2D eigenvalue weighted by Gasteiger charge is -2.38. The monoisotopic (exact) mass is 810 g/mol. The Morgan fingerprint density at radius 2 is 1.60 bits per heavy atom. The molecule has 9 atom stereocenters. The lowest BCUT2D eigenvalue weighted by atomic mass is 9.78. The summed E-state index contributed by atoms with van der Waals surface area (Å²) in [5.74, 6) is -8.01. The quantitative estimate of drug-likeness (QED) is 0.178. The molecule has 2 aromatic rings. The summed E-state index contributed by atoms with van der Waals surface area (Å²) < 4.78 is 29.7. The number of phenolic OH excluding ortho intramolecular Hbond substituents is 2. The number of rotatable bonds is 7. The highest BCUT2D eigenvalue weighted by Crippen LogP contribution is 2.54. The molecule has 0 aromatic heterocycles. The predicted octanol–water partition coefficient (Wildman–Crippen LogP) is 5.30. The van der Waals surface area contributed by atoms with E-state index in [1.54, 1.807) is 44.7 Å². The Kier molecular flexibility index (Phi) is 14.6. The van der Waals surface area contributed by atoms with Crippen molar-refractivity contribution in [3.8, 4) is 23.0 Å². The molecule has 318 valence electrons. The van der Waals surface area contributed by atoms with Crippen molar-refractivity contribution in [1.82, 2.24) is 4.90 Å². The number of ether oxygens (including phenoxy) is 5. The highest BCUT2D eigenvalue weighted by molar-refractivity contribution is 6.21. The number of benzene rings is 2. The Bertz CT molecular complexity index is 1990. The summed E-state index contributed by atoms with van der Waals surface area (Å²) in [6.07, 6.45) is 3.60. The first-order valence-electron chi connectivity index (χ1n) is 19.5. The maximum absolute atomic E-state index is 14.4. The smallest absolute Gasteiger partial charge is 0.312 e. The van der Waals surface area contributed by atoms with Crippen molar-refractivity contribution in [2.45, 2.75) is 99.4 Å². The Labute approximate surface area is 339 Å². The number of fused-ring (bicyclic) bond motifs is 14. The van der Waals surface area contributed by atoms with Crippen LogP contribution in [-0.4, -0.2) is 106 Å². The van der Waals surface area contributed by atoms with Crippen LogP contribution in [0.3, 0.4) is 0 Å². The minimum Gasteiger partial charge on any atom is -0.507 e. The molecule has 0 saturated heterocycles. The lowest BCUT2D eigenvalue weighted by Crippen LogP contribution is -2.46. The number of nitrogens with zero attached hydrogens (tertiary/aromatic N) is 1. The second-order valence-corrected chi connectivity index (χ2v) is 15.3. The molecule has 2 amide bonds. The number of hydrogen-bond donors (Lipinski definition) is 5. The van der Waals surface area contributed by atoms with E-state index in [1.165, 1.54) is 59.3 Å². The van der Waals surface area contributed by atoms with Gasteiger partial charge in [-0.15, -0.1) is 0 Å². The van der Waals surface area contributed by atoms with E-state index in [2.05, 4.69) is 5.32 Å². The van der Waals surface area contributed by atoms with Crippen LogP contribution in [0.15, 0.2) is 42.2 Å². The molecule has 5 rings (SSSR count). The van der Waals surface area contributed by atoms with Crippen LogP contribution in [0, 0.1) is 30.6 Å². The van der Waals surface area contributed by atoms with E-state index < -0.39 is 89.6 Å². The lowest BCUT2D eigenvalue weighted by molar-refractivity contribution is -0.160. The standard InChI is InChI=1S/C43H58N2O13/c1-12-45(13-2)31(47)20-55-30-19-28-38(51)33-32(30)34-40(26(8)37(33)50)58-43(10,41(34)52)56-18-17-29(54-11)23(5)39(57-27(9)46)25(7)36(49)24(6)35(48)21(3)15-14-16-22(4)42(53)44-28/h14-19,21,23-25,29,35-36,39,48-51H,12-13,20H2,1-11H3,(H,44,53)/b15-14+,18-17+,22-16?. The molecule has 0 aliphatic carbocycles. The van der Waals surface area contributed by atoms with Gasteiger partial charge in [0.05, 0.1) is 41.2 Å². The second-order valence-electron chi connectivity index (χ2n) is 15.3. The number of anilines is 1. The van der Waals surface area contributed by atoms with Gasteiger partial charge in [-0.2, -0.15) is 0 Å². The zero-order chi connectivity index (χ0) is 43.4. The molecule has 15 heteroatoms. The van der Waals surface area contributed by atoms with Crippen LogP contribution in [0.4, 0.5) is 5.69 Å². The van der Waals surface area contributed by atoms with Crippen molar-refractivity contribution >= 4 is 40.0 Å². The van der Waals surface area contributed by atoms with Gasteiger partial charge in [0.15, 0.2) is 12.4 Å². The number of aliphatic hydroxyl groups is 2. The van der Waals surface area contributed by atoms with E-state index in [-0.39, 0.29) is 50.6 Å². The van der Waals surface area contributed by atoms with E-state index in [9.17, 15) is 39.6 Å². The minimum atomic E-state index is -2.02. The molecule has 15 nitrogen and oxygen atoms in total. The maximum Gasteiger partial charge on any atom is 0.312 e. The number of allylic oxidation sites excluding steroid dienone is 2. The summed E-state index contributed by atoms with van der Waals surface area (Å²) in [4.78, 5) is 54.9. The minimum absolute atomic E-state index is 0.0574. The Balaban J connectivity index is 1.94. The predicted molar refractivity (Wildman–Crippen MR) is 216 cm³/mol. The van der Waals surface area contributed by atoms with Gasteiger partial charge in [0, 0.05) is 80.3 Å². The Morgan fingerprint density at radius 3 is 2.21 bits per heavy atom. The van der Waals surface area contributed by atoms with E-state index in [1.807, 2.05) is 13.8 Å². The number of methoxy groups -OCH3 is 1. The van der Waals surface area contributed by atoms with Crippen LogP contribution in [-0.2, 0) is 28.6 Å². The van der Waals surface area contributed by atoms with Crippen molar-refractivity contribution in [3.63, 3.8) is 0 Å². The zero-order valence-electron chi connectivity index (χ0n) is 35.1. The SMILES string of the molecule is CCN(CC)C(=O)COc1cc2c(O)c3c(O)c(C)c4c(c13)C(=O)C(C)(O/C=C/C(OC)C(C)C(OC(C)=O)C(C)C(O)C(C)C(O)C(C)/C=C/C=C(C)C(=O)N2)O4. The Hall–Kier alpha value is -5.12. The van der Waals surface area contributed by atoms with Crippen LogP contribution in [0.1, 0.15) is 78.2 Å². The number of likely N-dealkylation sites (N-methyl/N-ethyl adjacent to an activating group) is 1. The largest absolute Gasteiger partial charge is 0.507 e. The molecule has 0 fully saturated rings. The highest BCUT2D eigenvalue weighted by Gasteiger charge is 2.49. The summed E-state index contributed by atoms with van der Waals surface area (Å²) in [6, 6.07) is 1.27. The fourth-order valence-corrected chi connectivity index (χ4v) is 7.56. The molecule has 3 heterocycles. The number of aliphatic hydroxyl groups excluding tert-OH is 2. The molecule has 58 heavy (non-hydrogen) atoms. The van der Waals surface area contributed by atoms with Gasteiger partial charge in [-0.3, -0.25) is 19.2 Å². The number of aromatic hydroxyl groups is 2. The number of esters is 1. The van der Waals surface area contributed by atoms with Gasteiger partial charge >= 0.3 is 11.8 Å². The number of phenols is 2. The van der Waals surface area contributed by atoms with Crippen LogP contribution in [0.2, 0.25) is 0 Å². The number of amides is 2. The van der Waals surface area contributed by atoms with E-state index in [4.69, 9.17) is 23.7 Å². The van der Waals surface area contributed by atoms with Crippen LogP contribution < -0.4 is 14.8 Å². The summed E-state index contributed by atoms with van der Waals surface area (Å²) in [6.45, 7) is 16.5. The van der Waals surface area contributed by atoms with Gasteiger partial charge < -0.3 is 54.3 Å². The summed E-state index contributed by atoms with van der Waals surface area (Å²) >= 11 is 0. The molecule has 9 unspecified atom stereocenters. The maximum atomic E-state index is 14.4. The summed E-state index contributed by atoms with van der Waals surface area (Å²) in [5.41, 5.74) is -0.00860. The molecule has 0 radical (unpaired) electrons. The van der Waals surface area contributed by atoms with Crippen LogP contribution in [0.25, 0.3) is 10.8 Å². The van der Waals surface area contributed by atoms with Gasteiger partial charge in [-0.1, -0.05) is 45.9 Å². The number of carbonyl (C=O) groups excluding carboxylic acids is 4. The summed E-state index contributed by atoms with van der Waals surface area (Å²) in [7, 11) is 1.44. The fourth-order valence-electron chi connectivity index (χ4n) is 7.56. The first kappa shape index (κ1) is 45.6. The number of carbonyl (C=O) groups is 4. The van der Waals surface area contributed by atoms with Crippen molar-refractivity contribution in [1.29, 1.82) is 0 Å². The van der Waals surface area contributed by atoms with E-state index >= 15 is 0 Å². The third-order valence-corrected chi connectivity index (χ3v) is 11.3. The third-order valence-electron chi connectivity index (χ3n) is 11.3. The molecular weight excluding hydrogens is 752 g/mol. The van der Waals surface area contributed by atoms with Crippen molar-refractivity contribution < 1.29 is 63.3 Å². The normalized spacial score (nSPS) is 29.2. The van der Waals surface area contributed by atoms with Gasteiger partial charge in [-0.25, -0.2) is 0 Å². The molecule has 2 aromatic carbocycles. The van der Waals surface area contributed by atoms with Gasteiger partial charge in [0.1, 0.15) is 23.4 Å². The van der Waals surface area contributed by atoms with Gasteiger partial charge in [0.2, 0.25) is 0 Å². The molecule has 5 N–H and O–H groups in total. The zero-order valence-corrected chi connectivity index (χ0v) is 35.1. The first-order valence-corrected chi connectivity index (χ1v) is 19.5. The van der Waals surface area contributed by atoms with Crippen molar-refractivity contribution in [2.24, 2.45) is 23.7 Å². The topological polar surface area (TPSA) is 211 Å². The molecular formula is C43H58N2O13. The fraction of sp³-hybridized carbons (Fsp3) is 0.535. The average Bonchev–Trinajstić information content (AvgIpc) is 3.45. The number of ketones is 1. The molecule has 0 saturated carbocycles. The van der Waals surface area contributed by atoms with E-state index in [0.717, 1.165) is 0 Å². The van der Waals surface area contributed by atoms with Crippen molar-refractivity contribution in [3.05, 3.63) is 53.3 Å². The molecule has 0 spiro atoms. The molecule has 5 bridgehead atoms. The molecule has 3 aliphatic rings. The first-order chi connectivity index (χ1) is 27.2. The van der Waals surface area contributed by atoms with Crippen molar-refractivity contribution in [2.75, 3.05) is 32.1 Å². The third kappa shape index (κ3) is 9.11. The average molecular weight is 811 g/mol. The van der Waals surface area contributed by atoms with Gasteiger partial charge in [0.25, 0.3) is 17.6 Å². The molecule has 3 aliphatic heterocycles. The Morgan fingerprint density at radius 1 is 0.948 bits per heavy atom. The van der Waals surface area contributed by atoms with Crippen LogP contribution >= 0.6 is 0 Å². The van der Waals surface area contributed by atoms with E-state index in [0.29, 0.717) is 13.1 Å². The number of Topliss-reactive ketones (excluding diaryl/α,β-unsaturated/α-hetero) is 1. The second kappa shape index (κ2) is 18.6. The summed E-state index contributed by atoms with van der Waals surface area (Å²) in [5, 5.41) is 48.4. The highest BCUT2D eigenvalue weighted by atomic mass is 16.7. The number of nitrogens with one attached hydrogen (secondary N) is 1. The van der Waals surface area contributed by atoms with Gasteiger partial charge in [-0.05, 0) is 33.8 Å².